The van der Waals surface area contributed by atoms with Crippen LogP contribution in [0.4, 0.5) is 0 Å². The molecule has 2 aromatic carbocycles. The Morgan fingerprint density at radius 2 is 1.76 bits per heavy atom. The first-order valence-electron chi connectivity index (χ1n) is 10.9. The molecule has 34 heavy (non-hydrogen) atoms. The van der Waals surface area contributed by atoms with Crippen LogP contribution >= 0.6 is 0 Å². The summed E-state index contributed by atoms with van der Waals surface area (Å²) in [6.07, 6.45) is 0. The molecule has 0 spiro atoms. The van der Waals surface area contributed by atoms with Crippen molar-refractivity contribution in [3.8, 4) is 28.6 Å². The van der Waals surface area contributed by atoms with Crippen molar-refractivity contribution in [1.29, 1.82) is 0 Å². The summed E-state index contributed by atoms with van der Waals surface area (Å²) in [6.45, 7) is 4.32. The second kappa shape index (κ2) is 9.61. The highest BCUT2D eigenvalue weighted by Crippen LogP contribution is 2.34. The Kier molecular flexibility index (Phi) is 6.78. The SMILES string of the molecule is CCOc1ccc(S(=O)(=O)N2CCN(C)CC2)cc1-c1nc2cc(OC)cc(OC)c2c(=O)[nH]1. The number of likely N-dealkylation sites (N-methyl/N-ethyl adjacent to an activating group) is 1. The van der Waals surface area contributed by atoms with Crippen molar-refractivity contribution >= 4 is 20.9 Å². The van der Waals surface area contributed by atoms with Gasteiger partial charge in [0.15, 0.2) is 0 Å². The molecule has 1 aliphatic rings. The average molecular weight is 489 g/mol. The summed E-state index contributed by atoms with van der Waals surface area (Å²) in [5.74, 6) is 1.40. The van der Waals surface area contributed by atoms with E-state index in [9.17, 15) is 13.2 Å². The zero-order valence-corrected chi connectivity index (χ0v) is 20.4. The van der Waals surface area contributed by atoms with E-state index < -0.39 is 15.6 Å². The highest BCUT2D eigenvalue weighted by Gasteiger charge is 2.28. The molecule has 10 nitrogen and oxygen atoms in total. The van der Waals surface area contributed by atoms with Gasteiger partial charge in [-0.1, -0.05) is 0 Å². The molecule has 182 valence electrons. The molecule has 2 heterocycles. The van der Waals surface area contributed by atoms with Crippen molar-refractivity contribution in [2.75, 3.05) is 54.1 Å². The van der Waals surface area contributed by atoms with Gasteiger partial charge in [0.05, 0.1) is 36.8 Å². The van der Waals surface area contributed by atoms with Gasteiger partial charge >= 0.3 is 0 Å². The monoisotopic (exact) mass is 488 g/mol. The molecule has 0 aliphatic carbocycles. The Labute approximate surface area is 198 Å². The predicted octanol–water partition coefficient (Wildman–Crippen LogP) is 1.94. The smallest absolute Gasteiger partial charge is 0.262 e. The number of nitrogens with one attached hydrogen (secondary N) is 1. The van der Waals surface area contributed by atoms with Crippen molar-refractivity contribution in [1.82, 2.24) is 19.2 Å². The third-order valence-corrected chi connectivity index (χ3v) is 7.70. The van der Waals surface area contributed by atoms with E-state index in [2.05, 4.69) is 14.9 Å². The van der Waals surface area contributed by atoms with Crippen molar-refractivity contribution in [2.24, 2.45) is 0 Å². The molecule has 0 amide bonds. The highest BCUT2D eigenvalue weighted by atomic mass is 32.2. The Hall–Kier alpha value is -3.15. The number of nitrogens with zero attached hydrogens (tertiary/aromatic N) is 3. The molecule has 0 radical (unpaired) electrons. The van der Waals surface area contributed by atoms with E-state index >= 15 is 0 Å². The topological polar surface area (TPSA) is 114 Å². The second-order valence-electron chi connectivity index (χ2n) is 7.94. The van der Waals surface area contributed by atoms with Crippen LogP contribution in [0, 0.1) is 0 Å². The summed E-state index contributed by atoms with van der Waals surface area (Å²) in [5.41, 5.74) is 0.303. The van der Waals surface area contributed by atoms with Gasteiger partial charge in [-0.2, -0.15) is 4.31 Å². The number of rotatable bonds is 7. The van der Waals surface area contributed by atoms with Crippen molar-refractivity contribution in [3.63, 3.8) is 0 Å². The van der Waals surface area contributed by atoms with E-state index in [-0.39, 0.29) is 16.1 Å². The van der Waals surface area contributed by atoms with E-state index in [1.165, 1.54) is 30.7 Å². The number of methoxy groups -OCH3 is 2. The number of piperazine rings is 1. The fourth-order valence-corrected chi connectivity index (χ4v) is 5.38. The van der Waals surface area contributed by atoms with Gasteiger partial charge in [0.1, 0.15) is 28.5 Å². The van der Waals surface area contributed by atoms with Gasteiger partial charge in [0, 0.05) is 38.3 Å². The zero-order valence-electron chi connectivity index (χ0n) is 19.6. The quantitative estimate of drug-likeness (QED) is 0.537. The van der Waals surface area contributed by atoms with Crippen LogP contribution in [0.15, 0.2) is 40.0 Å². The molecule has 3 aromatic rings. The number of fused-ring (bicyclic) bond motifs is 1. The summed E-state index contributed by atoms with van der Waals surface area (Å²) in [6, 6.07) is 7.85. The Balaban J connectivity index is 1.87. The zero-order chi connectivity index (χ0) is 24.5. The molecule has 0 atom stereocenters. The van der Waals surface area contributed by atoms with Crippen LogP contribution in [0.25, 0.3) is 22.3 Å². The van der Waals surface area contributed by atoms with Gasteiger partial charge in [-0.15, -0.1) is 0 Å². The predicted molar refractivity (Wildman–Crippen MR) is 128 cm³/mol. The summed E-state index contributed by atoms with van der Waals surface area (Å²) in [5, 5.41) is 0.270. The highest BCUT2D eigenvalue weighted by molar-refractivity contribution is 7.89. The minimum atomic E-state index is -3.73. The van der Waals surface area contributed by atoms with Gasteiger partial charge in [0.2, 0.25) is 10.0 Å². The minimum absolute atomic E-state index is 0.112. The summed E-state index contributed by atoms with van der Waals surface area (Å²) >= 11 is 0. The molecule has 4 rings (SSSR count). The molecule has 1 saturated heterocycles. The molecule has 1 fully saturated rings. The Morgan fingerprint density at radius 3 is 2.41 bits per heavy atom. The third kappa shape index (κ3) is 4.46. The maximum Gasteiger partial charge on any atom is 0.262 e. The Bertz CT molecular complexity index is 1360. The molecule has 11 heteroatoms. The van der Waals surface area contributed by atoms with Gasteiger partial charge in [0.25, 0.3) is 5.56 Å². The van der Waals surface area contributed by atoms with Crippen LogP contribution in [-0.2, 0) is 10.0 Å². The first kappa shape index (κ1) is 24.0. The lowest BCUT2D eigenvalue weighted by Crippen LogP contribution is -2.47. The number of ether oxygens (including phenoxy) is 3. The molecule has 1 aromatic heterocycles. The number of aromatic nitrogens is 2. The van der Waals surface area contributed by atoms with Crippen LogP contribution in [0.1, 0.15) is 6.92 Å². The molecule has 0 saturated carbocycles. The molecular formula is C23H28N4O6S. The fraction of sp³-hybridized carbons (Fsp3) is 0.391. The van der Waals surface area contributed by atoms with Crippen molar-refractivity contribution in [3.05, 3.63) is 40.7 Å². The number of H-pyrrole nitrogens is 1. The number of hydrogen-bond donors (Lipinski definition) is 1. The molecule has 1 N–H and O–H groups in total. The number of aromatic amines is 1. The lowest BCUT2D eigenvalue weighted by atomic mass is 10.1. The Morgan fingerprint density at radius 1 is 1.03 bits per heavy atom. The van der Waals surface area contributed by atoms with Crippen molar-refractivity contribution in [2.45, 2.75) is 11.8 Å². The first-order chi connectivity index (χ1) is 16.3. The number of benzene rings is 2. The second-order valence-corrected chi connectivity index (χ2v) is 9.87. The van der Waals surface area contributed by atoms with Crippen LogP contribution in [-0.4, -0.2) is 81.6 Å². The van der Waals surface area contributed by atoms with E-state index in [0.717, 1.165) is 0 Å². The van der Waals surface area contributed by atoms with Crippen molar-refractivity contribution < 1.29 is 22.6 Å². The first-order valence-corrected chi connectivity index (χ1v) is 12.3. The summed E-state index contributed by atoms with van der Waals surface area (Å²) in [7, 11) is 1.20. The van der Waals surface area contributed by atoms with Crippen LogP contribution in [0.2, 0.25) is 0 Å². The fourth-order valence-electron chi connectivity index (χ4n) is 3.93. The third-order valence-electron chi connectivity index (χ3n) is 5.81. The van der Waals surface area contributed by atoms with Crippen LogP contribution in [0.5, 0.6) is 17.2 Å². The maximum absolute atomic E-state index is 13.3. The van der Waals surface area contributed by atoms with Crippen LogP contribution in [0.3, 0.4) is 0 Å². The molecule has 0 unspecified atom stereocenters. The van der Waals surface area contributed by atoms with Crippen LogP contribution < -0.4 is 19.8 Å². The van der Waals surface area contributed by atoms with Gasteiger partial charge in [-0.3, -0.25) is 4.79 Å². The lowest BCUT2D eigenvalue weighted by Gasteiger charge is -2.31. The summed E-state index contributed by atoms with van der Waals surface area (Å²) in [4.78, 5) is 22.6. The standard InChI is InChI=1S/C23H28N4O6S/c1-5-33-19-7-6-16(34(29,30)27-10-8-26(2)9-11-27)14-17(19)22-24-18-12-15(31-3)13-20(32-4)21(18)23(28)25-22/h6-7,12-14H,5,8-11H2,1-4H3,(H,24,25,28). The van der Waals surface area contributed by atoms with Gasteiger partial charge in [-0.05, 0) is 32.2 Å². The van der Waals surface area contributed by atoms with E-state index in [1.807, 2.05) is 14.0 Å². The number of sulfonamides is 1. The normalized spacial score (nSPS) is 15.4. The van der Waals surface area contributed by atoms with Gasteiger partial charge < -0.3 is 24.1 Å². The lowest BCUT2D eigenvalue weighted by molar-refractivity contribution is 0.222. The van der Waals surface area contributed by atoms with E-state index in [4.69, 9.17) is 14.2 Å². The average Bonchev–Trinajstić information content (AvgIpc) is 2.83. The minimum Gasteiger partial charge on any atom is -0.497 e. The molecule has 0 bridgehead atoms. The number of hydrogen-bond acceptors (Lipinski definition) is 8. The molecule has 1 aliphatic heterocycles. The summed E-state index contributed by atoms with van der Waals surface area (Å²) < 4.78 is 44.5. The van der Waals surface area contributed by atoms with Gasteiger partial charge in [-0.25, -0.2) is 13.4 Å². The van der Waals surface area contributed by atoms with E-state index in [0.29, 0.717) is 61.1 Å². The maximum atomic E-state index is 13.3. The molecular weight excluding hydrogens is 460 g/mol. The largest absolute Gasteiger partial charge is 0.497 e. The van der Waals surface area contributed by atoms with E-state index in [1.54, 1.807) is 18.2 Å².